The van der Waals surface area contributed by atoms with Crippen LogP contribution in [0.3, 0.4) is 0 Å². The lowest BCUT2D eigenvalue weighted by atomic mass is 10.1. The maximum Gasteiger partial charge on any atom is 0.0512 e. The summed E-state index contributed by atoms with van der Waals surface area (Å²) in [6.07, 6.45) is 6.13. The van der Waals surface area contributed by atoms with Gasteiger partial charge in [0.15, 0.2) is 0 Å². The molecule has 1 saturated heterocycles. The van der Waals surface area contributed by atoms with Crippen molar-refractivity contribution in [2.75, 3.05) is 32.7 Å². The molecule has 16 heavy (non-hydrogen) atoms. The van der Waals surface area contributed by atoms with Gasteiger partial charge in [-0.2, -0.15) is 0 Å². The zero-order chi connectivity index (χ0) is 11.4. The van der Waals surface area contributed by atoms with Crippen LogP contribution in [-0.4, -0.2) is 59.8 Å². The minimum atomic E-state index is -0.119. The average molecular weight is 226 g/mol. The normalized spacial score (nSPS) is 25.9. The molecule has 1 aliphatic heterocycles. The van der Waals surface area contributed by atoms with Crippen LogP contribution in [0.4, 0.5) is 0 Å². The third-order valence-corrected chi connectivity index (χ3v) is 3.82. The summed E-state index contributed by atoms with van der Waals surface area (Å²) in [7, 11) is 0. The lowest BCUT2D eigenvalue weighted by Gasteiger charge is -2.34. The number of piperazine rings is 1. The van der Waals surface area contributed by atoms with Crippen molar-refractivity contribution in [2.24, 2.45) is 0 Å². The minimum absolute atomic E-state index is 0.119. The minimum Gasteiger partial charge on any atom is -0.393 e. The van der Waals surface area contributed by atoms with Gasteiger partial charge in [-0.05, 0) is 45.6 Å². The van der Waals surface area contributed by atoms with Gasteiger partial charge in [-0.15, -0.1) is 0 Å². The Hall–Kier alpha value is -0.120. The zero-order valence-electron chi connectivity index (χ0n) is 10.6. The summed E-state index contributed by atoms with van der Waals surface area (Å²) in [6, 6.07) is 0.942. The van der Waals surface area contributed by atoms with E-state index in [0.29, 0.717) is 0 Å². The van der Waals surface area contributed by atoms with Crippen LogP contribution in [0.5, 0.6) is 0 Å². The van der Waals surface area contributed by atoms with Gasteiger partial charge in [-0.3, -0.25) is 4.90 Å². The molecule has 1 atom stereocenters. The van der Waals surface area contributed by atoms with Gasteiger partial charge in [0.1, 0.15) is 0 Å². The molecular weight excluding hydrogens is 200 g/mol. The first-order valence-corrected chi connectivity index (χ1v) is 6.90. The number of rotatable bonds is 6. The quantitative estimate of drug-likeness (QED) is 0.692. The first kappa shape index (κ1) is 12.3. The molecule has 1 heterocycles. The maximum absolute atomic E-state index is 9.17. The van der Waals surface area contributed by atoms with Crippen molar-refractivity contribution in [1.82, 2.24) is 9.80 Å². The molecule has 3 heteroatoms. The third-order valence-electron chi connectivity index (χ3n) is 3.82. The molecule has 2 rings (SSSR count). The molecule has 0 aromatic carbocycles. The molecule has 0 amide bonds. The molecule has 2 aliphatic rings. The predicted octanol–water partition coefficient (Wildman–Crippen LogP) is 1.32. The summed E-state index contributed by atoms with van der Waals surface area (Å²) in [4.78, 5) is 5.24. The number of hydrogen-bond acceptors (Lipinski definition) is 3. The number of unbranched alkanes of at least 4 members (excludes halogenated alkanes) is 1. The number of aliphatic hydroxyl groups excluding tert-OH is 1. The van der Waals surface area contributed by atoms with Crippen molar-refractivity contribution in [3.05, 3.63) is 0 Å². The highest BCUT2D eigenvalue weighted by Gasteiger charge is 2.30. The van der Waals surface area contributed by atoms with Crippen LogP contribution in [0.25, 0.3) is 0 Å². The Kier molecular flexibility index (Phi) is 4.62. The SMILES string of the molecule is CC(O)CCCCN1CCN(C2CC2)CC1. The summed E-state index contributed by atoms with van der Waals surface area (Å²) < 4.78 is 0. The van der Waals surface area contributed by atoms with Crippen LogP contribution in [0.15, 0.2) is 0 Å². The Labute approximate surface area is 99.4 Å². The second-order valence-corrected chi connectivity index (χ2v) is 5.45. The van der Waals surface area contributed by atoms with E-state index in [2.05, 4.69) is 9.80 Å². The molecule has 1 aliphatic carbocycles. The topological polar surface area (TPSA) is 26.7 Å². The molecule has 3 nitrogen and oxygen atoms in total. The third kappa shape index (κ3) is 4.04. The Morgan fingerprint density at radius 1 is 1.12 bits per heavy atom. The summed E-state index contributed by atoms with van der Waals surface area (Å²) in [5, 5.41) is 9.17. The van der Waals surface area contributed by atoms with Gasteiger partial charge in [0.25, 0.3) is 0 Å². The highest BCUT2D eigenvalue weighted by atomic mass is 16.3. The van der Waals surface area contributed by atoms with Crippen molar-refractivity contribution in [3.8, 4) is 0 Å². The largest absolute Gasteiger partial charge is 0.393 e. The maximum atomic E-state index is 9.17. The molecule has 1 N–H and O–H groups in total. The summed E-state index contributed by atoms with van der Waals surface area (Å²) in [5.74, 6) is 0. The fraction of sp³-hybridized carbons (Fsp3) is 1.00. The Bertz CT molecular complexity index is 196. The van der Waals surface area contributed by atoms with E-state index in [0.717, 1.165) is 12.5 Å². The smallest absolute Gasteiger partial charge is 0.0512 e. The monoisotopic (exact) mass is 226 g/mol. The lowest BCUT2D eigenvalue weighted by molar-refractivity contribution is 0.122. The van der Waals surface area contributed by atoms with E-state index in [1.165, 1.54) is 58.4 Å². The Balaban J connectivity index is 1.51. The molecule has 0 aromatic rings. The molecule has 0 aromatic heterocycles. The molecule has 0 radical (unpaired) electrons. The van der Waals surface area contributed by atoms with Crippen molar-refractivity contribution < 1.29 is 5.11 Å². The number of nitrogens with zero attached hydrogens (tertiary/aromatic N) is 2. The average Bonchev–Trinajstić information content (AvgIpc) is 3.09. The Morgan fingerprint density at radius 3 is 2.38 bits per heavy atom. The highest BCUT2D eigenvalue weighted by molar-refractivity contribution is 4.87. The van der Waals surface area contributed by atoms with Gasteiger partial charge < -0.3 is 10.0 Å². The second-order valence-electron chi connectivity index (χ2n) is 5.45. The molecule has 94 valence electrons. The van der Waals surface area contributed by atoms with Crippen molar-refractivity contribution in [2.45, 2.75) is 51.2 Å². The van der Waals surface area contributed by atoms with Gasteiger partial charge in [-0.25, -0.2) is 0 Å². The predicted molar refractivity (Wildman–Crippen MR) is 66.6 cm³/mol. The van der Waals surface area contributed by atoms with Crippen molar-refractivity contribution in [3.63, 3.8) is 0 Å². The van der Waals surface area contributed by atoms with E-state index >= 15 is 0 Å². The number of hydrogen-bond donors (Lipinski definition) is 1. The van der Waals surface area contributed by atoms with E-state index in [1.54, 1.807) is 0 Å². The highest BCUT2D eigenvalue weighted by Crippen LogP contribution is 2.27. The zero-order valence-corrected chi connectivity index (χ0v) is 10.6. The van der Waals surface area contributed by atoms with Crippen LogP contribution in [-0.2, 0) is 0 Å². The number of aliphatic hydroxyl groups is 1. The van der Waals surface area contributed by atoms with Gasteiger partial charge in [-0.1, -0.05) is 0 Å². The van der Waals surface area contributed by atoms with E-state index in [1.807, 2.05) is 6.92 Å². The van der Waals surface area contributed by atoms with Crippen LogP contribution < -0.4 is 0 Å². The van der Waals surface area contributed by atoms with E-state index in [9.17, 15) is 5.11 Å². The van der Waals surface area contributed by atoms with Gasteiger partial charge >= 0.3 is 0 Å². The van der Waals surface area contributed by atoms with Crippen molar-refractivity contribution in [1.29, 1.82) is 0 Å². The Morgan fingerprint density at radius 2 is 1.81 bits per heavy atom. The first-order valence-electron chi connectivity index (χ1n) is 6.90. The van der Waals surface area contributed by atoms with Crippen LogP contribution >= 0.6 is 0 Å². The van der Waals surface area contributed by atoms with E-state index in [4.69, 9.17) is 0 Å². The van der Waals surface area contributed by atoms with Gasteiger partial charge in [0.2, 0.25) is 0 Å². The van der Waals surface area contributed by atoms with Crippen LogP contribution in [0.1, 0.15) is 39.0 Å². The van der Waals surface area contributed by atoms with Crippen molar-refractivity contribution >= 4 is 0 Å². The van der Waals surface area contributed by atoms with E-state index < -0.39 is 0 Å². The van der Waals surface area contributed by atoms with E-state index in [-0.39, 0.29) is 6.10 Å². The molecule has 2 fully saturated rings. The summed E-state index contributed by atoms with van der Waals surface area (Å²) in [6.45, 7) is 8.18. The molecule has 0 spiro atoms. The standard InChI is InChI=1S/C13H26N2O/c1-12(16)4-2-3-7-14-8-10-15(11-9-14)13-5-6-13/h12-13,16H,2-11H2,1H3. The second kappa shape index (κ2) is 5.99. The van der Waals surface area contributed by atoms with Crippen LogP contribution in [0.2, 0.25) is 0 Å². The summed E-state index contributed by atoms with van der Waals surface area (Å²) >= 11 is 0. The van der Waals surface area contributed by atoms with Gasteiger partial charge in [0.05, 0.1) is 6.10 Å². The summed E-state index contributed by atoms with van der Waals surface area (Å²) in [5.41, 5.74) is 0. The fourth-order valence-electron chi connectivity index (χ4n) is 2.57. The molecular formula is C13H26N2O. The fourth-order valence-corrected chi connectivity index (χ4v) is 2.57. The lowest BCUT2D eigenvalue weighted by Crippen LogP contribution is -2.47. The van der Waals surface area contributed by atoms with Crippen LogP contribution in [0, 0.1) is 0 Å². The molecule has 1 unspecified atom stereocenters. The molecule has 0 bridgehead atoms. The van der Waals surface area contributed by atoms with Gasteiger partial charge in [0, 0.05) is 32.2 Å². The first-order chi connectivity index (χ1) is 7.75. The molecule has 1 saturated carbocycles.